The summed E-state index contributed by atoms with van der Waals surface area (Å²) in [6.45, 7) is 3.80. The van der Waals surface area contributed by atoms with Gasteiger partial charge in [0.1, 0.15) is 0 Å². The summed E-state index contributed by atoms with van der Waals surface area (Å²) >= 11 is 0. The normalized spacial score (nSPS) is 33.5. The van der Waals surface area contributed by atoms with Crippen molar-refractivity contribution < 1.29 is 14.3 Å². The molecule has 3 heteroatoms. The van der Waals surface area contributed by atoms with E-state index in [1.165, 1.54) is 19.3 Å². The number of Topliss-reactive ketones (excluding diaryl/α,β-unsaturated/α-hetero) is 1. The van der Waals surface area contributed by atoms with Crippen LogP contribution in [0.5, 0.6) is 0 Å². The molecule has 0 radical (unpaired) electrons. The van der Waals surface area contributed by atoms with Gasteiger partial charge in [-0.3, -0.25) is 4.79 Å². The molecule has 0 unspecified atom stereocenters. The molecule has 4 aliphatic rings. The lowest BCUT2D eigenvalue weighted by atomic mass is 9.48. The Labute approximate surface area is 143 Å². The summed E-state index contributed by atoms with van der Waals surface area (Å²) in [5.74, 6) is 1.99. The Morgan fingerprint density at radius 2 is 1.62 bits per heavy atom. The second-order valence-electron chi connectivity index (χ2n) is 8.52. The molecular weight excluding hydrogens is 300 g/mol. The van der Waals surface area contributed by atoms with Gasteiger partial charge in [-0.1, -0.05) is 17.7 Å². The highest BCUT2D eigenvalue weighted by Gasteiger charge is 2.54. The number of rotatable bonds is 4. The first-order chi connectivity index (χ1) is 11.4. The minimum absolute atomic E-state index is 0.0572. The maximum atomic E-state index is 12.9. The highest BCUT2D eigenvalue weighted by molar-refractivity contribution is 5.94. The van der Waals surface area contributed by atoms with Crippen LogP contribution in [0.3, 0.4) is 0 Å². The van der Waals surface area contributed by atoms with Crippen molar-refractivity contribution in [2.24, 2.45) is 23.2 Å². The van der Waals surface area contributed by atoms with Gasteiger partial charge in [-0.25, -0.2) is 4.79 Å². The van der Waals surface area contributed by atoms with Gasteiger partial charge in [0.25, 0.3) is 0 Å². The fourth-order valence-corrected chi connectivity index (χ4v) is 5.77. The summed E-state index contributed by atoms with van der Waals surface area (Å²) < 4.78 is 5.43. The third-order valence-electron chi connectivity index (χ3n) is 6.58. The quantitative estimate of drug-likeness (QED) is 0.777. The molecular formula is C21H26O3. The first-order valence-electron chi connectivity index (χ1n) is 9.23. The van der Waals surface area contributed by atoms with Crippen molar-refractivity contribution in [3.05, 3.63) is 34.9 Å². The van der Waals surface area contributed by atoms with E-state index in [1.807, 2.05) is 32.0 Å². The maximum absolute atomic E-state index is 12.9. The van der Waals surface area contributed by atoms with Crippen LogP contribution in [-0.2, 0) is 9.53 Å². The van der Waals surface area contributed by atoms with E-state index >= 15 is 0 Å². The smallest absolute Gasteiger partial charge is 0.338 e. The number of carbonyl (C=O) groups excluding carboxylic acids is 2. The SMILES string of the molecule is Cc1ccc(C)c(C(=O)OCC(=O)C23CC4CC(CC(C4)C2)C3)c1. The number of hydrogen-bond acceptors (Lipinski definition) is 3. The van der Waals surface area contributed by atoms with Crippen LogP contribution in [0, 0.1) is 37.0 Å². The molecule has 0 aliphatic heterocycles. The average Bonchev–Trinajstić information content (AvgIpc) is 2.53. The molecule has 1 aromatic rings. The second kappa shape index (κ2) is 5.72. The average molecular weight is 326 g/mol. The van der Waals surface area contributed by atoms with Crippen LogP contribution in [0.2, 0.25) is 0 Å². The molecule has 0 amide bonds. The predicted molar refractivity (Wildman–Crippen MR) is 91.8 cm³/mol. The summed E-state index contributed by atoms with van der Waals surface area (Å²) in [5, 5.41) is 0. The lowest BCUT2D eigenvalue weighted by molar-refractivity contribution is -0.147. The van der Waals surface area contributed by atoms with E-state index in [0.29, 0.717) is 5.56 Å². The molecule has 0 aromatic heterocycles. The zero-order valence-electron chi connectivity index (χ0n) is 14.6. The Morgan fingerprint density at radius 3 is 2.21 bits per heavy atom. The van der Waals surface area contributed by atoms with Crippen LogP contribution in [-0.4, -0.2) is 18.4 Å². The van der Waals surface area contributed by atoms with E-state index in [4.69, 9.17) is 4.74 Å². The van der Waals surface area contributed by atoms with Gasteiger partial charge in [0, 0.05) is 5.41 Å². The molecule has 4 bridgehead atoms. The Morgan fingerprint density at radius 1 is 1.04 bits per heavy atom. The Kier molecular flexibility index (Phi) is 3.78. The molecule has 4 fully saturated rings. The topological polar surface area (TPSA) is 43.4 Å². The number of carbonyl (C=O) groups is 2. The van der Waals surface area contributed by atoms with Gasteiger partial charge in [0.15, 0.2) is 12.4 Å². The fraction of sp³-hybridized carbons (Fsp3) is 0.619. The van der Waals surface area contributed by atoms with Crippen LogP contribution < -0.4 is 0 Å². The third-order valence-corrected chi connectivity index (χ3v) is 6.58. The highest BCUT2D eigenvalue weighted by Crippen LogP contribution is 2.60. The third kappa shape index (κ3) is 2.68. The Hall–Kier alpha value is -1.64. The highest BCUT2D eigenvalue weighted by atomic mass is 16.5. The molecule has 128 valence electrons. The first-order valence-corrected chi connectivity index (χ1v) is 9.23. The van der Waals surface area contributed by atoms with Gasteiger partial charge < -0.3 is 4.74 Å². The van der Waals surface area contributed by atoms with Crippen molar-refractivity contribution in [3.63, 3.8) is 0 Å². The molecule has 1 aromatic carbocycles. The summed E-state index contributed by atoms with van der Waals surface area (Å²) in [4.78, 5) is 25.3. The van der Waals surface area contributed by atoms with E-state index in [2.05, 4.69) is 0 Å². The van der Waals surface area contributed by atoms with E-state index in [9.17, 15) is 9.59 Å². The van der Waals surface area contributed by atoms with E-state index in [1.54, 1.807) is 0 Å². The Bertz CT molecular complexity index is 653. The van der Waals surface area contributed by atoms with Crippen molar-refractivity contribution in [2.75, 3.05) is 6.61 Å². The summed E-state index contributed by atoms with van der Waals surface area (Å²) in [5.41, 5.74) is 2.32. The number of hydrogen-bond donors (Lipinski definition) is 0. The van der Waals surface area contributed by atoms with Crippen molar-refractivity contribution >= 4 is 11.8 Å². The van der Waals surface area contributed by atoms with Crippen LogP contribution in [0.4, 0.5) is 0 Å². The van der Waals surface area contributed by atoms with Crippen molar-refractivity contribution in [1.29, 1.82) is 0 Å². The van der Waals surface area contributed by atoms with E-state index in [-0.39, 0.29) is 23.8 Å². The number of ketones is 1. The van der Waals surface area contributed by atoms with Gasteiger partial charge in [0.2, 0.25) is 0 Å². The van der Waals surface area contributed by atoms with Gasteiger partial charge in [-0.2, -0.15) is 0 Å². The van der Waals surface area contributed by atoms with Gasteiger partial charge in [-0.15, -0.1) is 0 Å². The summed E-state index contributed by atoms with van der Waals surface area (Å²) in [6.07, 6.45) is 7.02. The number of esters is 1. The van der Waals surface area contributed by atoms with Crippen LogP contribution in [0.25, 0.3) is 0 Å². The number of aryl methyl sites for hydroxylation is 2. The van der Waals surface area contributed by atoms with Crippen LogP contribution in [0.15, 0.2) is 18.2 Å². The lowest BCUT2D eigenvalue weighted by Crippen LogP contribution is -2.51. The maximum Gasteiger partial charge on any atom is 0.338 e. The molecule has 0 N–H and O–H groups in total. The van der Waals surface area contributed by atoms with Gasteiger partial charge in [-0.05, 0) is 81.8 Å². The summed E-state index contributed by atoms with van der Waals surface area (Å²) in [7, 11) is 0. The van der Waals surface area contributed by atoms with Crippen molar-refractivity contribution in [2.45, 2.75) is 52.4 Å². The minimum Gasteiger partial charge on any atom is -0.454 e. The minimum atomic E-state index is -0.366. The van der Waals surface area contributed by atoms with Crippen molar-refractivity contribution in [3.8, 4) is 0 Å². The van der Waals surface area contributed by atoms with Crippen LogP contribution >= 0.6 is 0 Å². The first kappa shape index (κ1) is 15.9. The standard InChI is InChI=1S/C21H26O3/c1-13-3-4-14(2)18(5-13)20(23)24-12-19(22)21-9-15-6-16(10-21)8-17(7-15)11-21/h3-5,15-17H,6-12H2,1-2H3. The second-order valence-corrected chi connectivity index (χ2v) is 8.52. The molecule has 0 atom stereocenters. The largest absolute Gasteiger partial charge is 0.454 e. The van der Waals surface area contributed by atoms with E-state index in [0.717, 1.165) is 48.1 Å². The molecule has 3 nitrogen and oxygen atoms in total. The predicted octanol–water partition coefficient (Wildman–Crippen LogP) is 4.25. The van der Waals surface area contributed by atoms with Gasteiger partial charge >= 0.3 is 5.97 Å². The molecule has 0 spiro atoms. The molecule has 4 aliphatic carbocycles. The fourth-order valence-electron chi connectivity index (χ4n) is 5.77. The molecule has 0 heterocycles. The lowest BCUT2D eigenvalue weighted by Gasteiger charge is -2.55. The molecule has 5 rings (SSSR count). The number of ether oxygens (including phenoxy) is 1. The zero-order valence-corrected chi connectivity index (χ0v) is 14.6. The monoisotopic (exact) mass is 326 g/mol. The van der Waals surface area contributed by atoms with Gasteiger partial charge in [0.05, 0.1) is 5.56 Å². The zero-order chi connectivity index (χ0) is 16.9. The summed E-state index contributed by atoms with van der Waals surface area (Å²) in [6, 6.07) is 5.74. The molecule has 4 saturated carbocycles. The molecule has 0 saturated heterocycles. The van der Waals surface area contributed by atoms with Crippen LogP contribution in [0.1, 0.15) is 60.0 Å². The van der Waals surface area contributed by atoms with Crippen molar-refractivity contribution in [1.82, 2.24) is 0 Å². The Balaban J connectivity index is 1.43. The number of benzene rings is 1. The van der Waals surface area contributed by atoms with E-state index < -0.39 is 0 Å². The molecule has 24 heavy (non-hydrogen) atoms.